The van der Waals surface area contributed by atoms with Crippen molar-refractivity contribution in [2.45, 2.75) is 18.6 Å². The van der Waals surface area contributed by atoms with Crippen LogP contribution in [0, 0.1) is 11.3 Å². The number of aromatic nitrogens is 3. The van der Waals surface area contributed by atoms with E-state index in [1.807, 2.05) is 11.5 Å². The highest BCUT2D eigenvalue weighted by Crippen LogP contribution is 2.25. The van der Waals surface area contributed by atoms with Crippen molar-refractivity contribution in [3.8, 4) is 6.07 Å². The first-order valence-corrected chi connectivity index (χ1v) is 9.75. The van der Waals surface area contributed by atoms with Crippen LogP contribution in [0.5, 0.6) is 0 Å². The maximum atomic E-state index is 12.1. The number of nitrogens with zero attached hydrogens (tertiary/aromatic N) is 5. The minimum Gasteiger partial charge on any atom is -0.378 e. The van der Waals surface area contributed by atoms with E-state index in [2.05, 4.69) is 26.5 Å². The molecule has 1 amide bonds. The molecule has 3 heterocycles. The van der Waals surface area contributed by atoms with Crippen molar-refractivity contribution in [2.24, 2.45) is 0 Å². The summed E-state index contributed by atoms with van der Waals surface area (Å²) < 4.78 is 7.38. The molecular weight excluding hydrogens is 360 g/mol. The molecule has 1 fully saturated rings. The van der Waals surface area contributed by atoms with E-state index in [0.717, 1.165) is 25.6 Å². The van der Waals surface area contributed by atoms with Gasteiger partial charge in [0, 0.05) is 19.6 Å². The van der Waals surface area contributed by atoms with Crippen LogP contribution in [0.25, 0.3) is 0 Å². The van der Waals surface area contributed by atoms with Gasteiger partial charge in [0.1, 0.15) is 11.1 Å². The normalized spacial score (nSPS) is 14.3. The van der Waals surface area contributed by atoms with Crippen LogP contribution in [-0.2, 0) is 16.1 Å². The number of amides is 1. The zero-order valence-electron chi connectivity index (χ0n) is 13.8. The number of thiophene rings is 1. The molecule has 25 heavy (non-hydrogen) atoms. The molecule has 1 saturated heterocycles. The molecule has 8 nitrogen and oxygen atoms in total. The molecule has 0 radical (unpaired) electrons. The quantitative estimate of drug-likeness (QED) is 0.766. The van der Waals surface area contributed by atoms with E-state index >= 15 is 0 Å². The van der Waals surface area contributed by atoms with Gasteiger partial charge >= 0.3 is 0 Å². The van der Waals surface area contributed by atoms with Gasteiger partial charge in [-0.3, -0.25) is 9.36 Å². The summed E-state index contributed by atoms with van der Waals surface area (Å²) in [4.78, 5) is 14.3. The smallest absolute Gasteiger partial charge is 0.235 e. The molecular formula is C15H18N6O2S2. The average molecular weight is 378 g/mol. The summed E-state index contributed by atoms with van der Waals surface area (Å²) in [5.41, 5.74) is 0.481. The molecule has 10 heteroatoms. The van der Waals surface area contributed by atoms with Crippen LogP contribution in [0.4, 0.5) is 10.9 Å². The van der Waals surface area contributed by atoms with Crippen LogP contribution in [0.2, 0.25) is 0 Å². The van der Waals surface area contributed by atoms with Crippen molar-refractivity contribution in [1.82, 2.24) is 14.8 Å². The Morgan fingerprint density at radius 3 is 3.00 bits per heavy atom. The zero-order valence-corrected chi connectivity index (χ0v) is 15.4. The second kappa shape index (κ2) is 8.33. The number of nitrogens with one attached hydrogen (secondary N) is 1. The van der Waals surface area contributed by atoms with Crippen molar-refractivity contribution in [2.75, 3.05) is 42.3 Å². The second-order valence-electron chi connectivity index (χ2n) is 5.24. The predicted molar refractivity (Wildman–Crippen MR) is 97.1 cm³/mol. The standard InChI is InChI=1S/C15H18N6O2S2/c1-2-21-14(20-4-6-23-7-5-20)18-19-15(21)25-10-12(22)17-13-11(9-16)3-8-24-13/h3,8H,2,4-7,10H2,1H3,(H,17,22). The largest absolute Gasteiger partial charge is 0.378 e. The summed E-state index contributed by atoms with van der Waals surface area (Å²) in [5.74, 6) is 0.866. The van der Waals surface area contributed by atoms with Gasteiger partial charge in [-0.15, -0.1) is 21.5 Å². The van der Waals surface area contributed by atoms with Crippen molar-refractivity contribution in [1.29, 1.82) is 5.26 Å². The summed E-state index contributed by atoms with van der Waals surface area (Å²) in [7, 11) is 0. The van der Waals surface area contributed by atoms with Gasteiger partial charge in [0.2, 0.25) is 11.9 Å². The average Bonchev–Trinajstić information content (AvgIpc) is 3.26. The third-order valence-corrected chi connectivity index (χ3v) is 5.48. The Bertz CT molecular complexity index is 775. The summed E-state index contributed by atoms with van der Waals surface area (Å²) in [6.07, 6.45) is 0. The van der Waals surface area contributed by atoms with E-state index in [4.69, 9.17) is 10.00 Å². The number of morpholine rings is 1. The minimum absolute atomic E-state index is 0.164. The van der Waals surface area contributed by atoms with Gasteiger partial charge in [0.15, 0.2) is 5.16 Å². The first kappa shape index (κ1) is 17.7. The number of hydrogen-bond donors (Lipinski definition) is 1. The Labute approximate surface area is 153 Å². The topological polar surface area (TPSA) is 96.1 Å². The Hall–Kier alpha value is -2.09. The lowest BCUT2D eigenvalue weighted by Gasteiger charge is -2.27. The summed E-state index contributed by atoms with van der Waals surface area (Å²) in [5, 5.41) is 23.3. The Kier molecular flexibility index (Phi) is 5.91. The maximum absolute atomic E-state index is 12.1. The Morgan fingerprint density at radius 1 is 1.48 bits per heavy atom. The van der Waals surface area contributed by atoms with Gasteiger partial charge in [-0.1, -0.05) is 11.8 Å². The van der Waals surface area contributed by atoms with Gasteiger partial charge in [0.05, 0.1) is 24.5 Å². The molecule has 132 valence electrons. The van der Waals surface area contributed by atoms with Crippen LogP contribution in [-0.4, -0.2) is 52.7 Å². The molecule has 0 spiro atoms. The highest BCUT2D eigenvalue weighted by Gasteiger charge is 2.20. The third-order valence-electron chi connectivity index (χ3n) is 3.68. The molecule has 0 unspecified atom stereocenters. The van der Waals surface area contributed by atoms with Crippen molar-refractivity contribution >= 4 is 40.0 Å². The van der Waals surface area contributed by atoms with Gasteiger partial charge in [-0.05, 0) is 18.4 Å². The number of rotatable bonds is 6. The lowest BCUT2D eigenvalue weighted by molar-refractivity contribution is -0.113. The SMILES string of the molecule is CCn1c(SCC(=O)Nc2sccc2C#N)nnc1N1CCOCC1. The fourth-order valence-electron chi connectivity index (χ4n) is 2.45. The maximum Gasteiger partial charge on any atom is 0.235 e. The number of thioether (sulfide) groups is 1. The fourth-order valence-corrected chi connectivity index (χ4v) is 4.00. The third kappa shape index (κ3) is 4.12. The molecule has 3 rings (SSSR count). The van der Waals surface area contributed by atoms with E-state index in [1.54, 1.807) is 11.4 Å². The molecule has 0 atom stereocenters. The van der Waals surface area contributed by atoms with Crippen LogP contribution in [0.15, 0.2) is 16.6 Å². The van der Waals surface area contributed by atoms with Crippen molar-refractivity contribution < 1.29 is 9.53 Å². The van der Waals surface area contributed by atoms with E-state index < -0.39 is 0 Å². The van der Waals surface area contributed by atoms with Crippen LogP contribution < -0.4 is 10.2 Å². The Morgan fingerprint density at radius 2 is 2.28 bits per heavy atom. The van der Waals surface area contributed by atoms with Gasteiger partial charge in [0.25, 0.3) is 0 Å². The lowest BCUT2D eigenvalue weighted by atomic mass is 10.3. The fraction of sp³-hybridized carbons (Fsp3) is 0.467. The van der Waals surface area contributed by atoms with Crippen molar-refractivity contribution in [3.05, 3.63) is 17.0 Å². The molecule has 1 aliphatic heterocycles. The zero-order chi connectivity index (χ0) is 17.6. The number of carbonyl (C=O) groups excluding carboxylic acids is 1. The number of hydrogen-bond acceptors (Lipinski definition) is 8. The van der Waals surface area contributed by atoms with Crippen molar-refractivity contribution in [3.63, 3.8) is 0 Å². The van der Waals surface area contributed by atoms with Crippen LogP contribution in [0.1, 0.15) is 12.5 Å². The van der Waals surface area contributed by atoms with Gasteiger partial charge < -0.3 is 15.0 Å². The molecule has 0 bridgehead atoms. The molecule has 2 aromatic heterocycles. The molecule has 0 aromatic carbocycles. The predicted octanol–water partition coefficient (Wildman–Crippen LogP) is 1.80. The van der Waals surface area contributed by atoms with E-state index in [1.165, 1.54) is 23.1 Å². The van der Waals surface area contributed by atoms with E-state index in [0.29, 0.717) is 28.9 Å². The van der Waals surface area contributed by atoms with E-state index in [-0.39, 0.29) is 11.7 Å². The summed E-state index contributed by atoms with van der Waals surface area (Å²) in [6, 6.07) is 3.75. The molecule has 1 aliphatic rings. The lowest BCUT2D eigenvalue weighted by Crippen LogP contribution is -2.38. The molecule has 1 N–H and O–H groups in total. The van der Waals surface area contributed by atoms with Gasteiger partial charge in [-0.2, -0.15) is 5.26 Å². The monoisotopic (exact) mass is 378 g/mol. The van der Waals surface area contributed by atoms with E-state index in [9.17, 15) is 4.79 Å². The van der Waals surface area contributed by atoms with Crippen LogP contribution >= 0.6 is 23.1 Å². The Balaban J connectivity index is 1.62. The highest BCUT2D eigenvalue weighted by molar-refractivity contribution is 7.99. The summed E-state index contributed by atoms with van der Waals surface area (Å²) in [6.45, 7) is 5.71. The van der Waals surface area contributed by atoms with Crippen LogP contribution in [0.3, 0.4) is 0 Å². The first-order valence-electron chi connectivity index (χ1n) is 7.89. The number of nitriles is 1. The molecule has 2 aromatic rings. The highest BCUT2D eigenvalue weighted by atomic mass is 32.2. The molecule has 0 saturated carbocycles. The molecule has 0 aliphatic carbocycles. The number of carbonyl (C=O) groups is 1. The second-order valence-corrected chi connectivity index (χ2v) is 7.10. The number of anilines is 2. The summed E-state index contributed by atoms with van der Waals surface area (Å²) >= 11 is 2.68. The first-order chi connectivity index (χ1) is 12.2. The minimum atomic E-state index is -0.164. The number of ether oxygens (including phenoxy) is 1. The van der Waals surface area contributed by atoms with Gasteiger partial charge in [-0.25, -0.2) is 0 Å².